The molecular formula is C21H28N2O2. The number of hydrogen-bond donors (Lipinski definition) is 1. The third-order valence-corrected chi connectivity index (χ3v) is 5.08. The van der Waals surface area contributed by atoms with Crippen molar-refractivity contribution in [3.63, 3.8) is 0 Å². The minimum Gasteiger partial charge on any atom is -0.496 e. The third-order valence-electron chi connectivity index (χ3n) is 5.08. The van der Waals surface area contributed by atoms with Gasteiger partial charge >= 0.3 is 0 Å². The number of carbonyl (C=O) groups excluding carboxylic acids is 1. The maximum Gasteiger partial charge on any atom is 0.224 e. The summed E-state index contributed by atoms with van der Waals surface area (Å²) in [5.41, 5.74) is 1.05. The predicted molar refractivity (Wildman–Crippen MR) is 102 cm³/mol. The molecule has 1 heterocycles. The Morgan fingerprint density at radius 3 is 2.56 bits per heavy atom. The summed E-state index contributed by atoms with van der Waals surface area (Å²) in [6.07, 6.45) is 3.93. The molecule has 1 aliphatic rings. The lowest BCUT2D eigenvalue weighted by atomic mass is 10.0. The summed E-state index contributed by atoms with van der Waals surface area (Å²) in [4.78, 5) is 15.0. The van der Waals surface area contributed by atoms with Crippen molar-refractivity contribution >= 4 is 16.7 Å². The summed E-state index contributed by atoms with van der Waals surface area (Å²) < 4.78 is 5.44. The zero-order valence-corrected chi connectivity index (χ0v) is 15.3. The highest BCUT2D eigenvalue weighted by Crippen LogP contribution is 2.28. The second-order valence-corrected chi connectivity index (χ2v) is 6.83. The van der Waals surface area contributed by atoms with Crippen LogP contribution in [0.15, 0.2) is 36.4 Å². The highest BCUT2D eigenvalue weighted by atomic mass is 16.5. The van der Waals surface area contributed by atoms with Crippen LogP contribution >= 0.6 is 0 Å². The molecular weight excluding hydrogens is 312 g/mol. The molecule has 3 rings (SSSR count). The lowest BCUT2D eigenvalue weighted by Gasteiger charge is -2.23. The molecule has 2 aromatic carbocycles. The van der Waals surface area contributed by atoms with Crippen LogP contribution in [0.25, 0.3) is 10.8 Å². The number of ether oxygens (including phenoxy) is 1. The number of nitrogens with zero attached hydrogens (tertiary/aromatic N) is 1. The summed E-state index contributed by atoms with van der Waals surface area (Å²) in [5, 5.41) is 5.37. The van der Waals surface area contributed by atoms with Crippen molar-refractivity contribution in [2.75, 3.05) is 26.7 Å². The lowest BCUT2D eigenvalue weighted by Crippen LogP contribution is -2.43. The van der Waals surface area contributed by atoms with Gasteiger partial charge in [-0.25, -0.2) is 0 Å². The van der Waals surface area contributed by atoms with E-state index in [4.69, 9.17) is 4.74 Å². The molecule has 1 saturated heterocycles. The van der Waals surface area contributed by atoms with Gasteiger partial charge in [-0.1, -0.05) is 37.3 Å². The molecule has 0 unspecified atom stereocenters. The lowest BCUT2D eigenvalue weighted by molar-refractivity contribution is -0.121. The smallest absolute Gasteiger partial charge is 0.224 e. The largest absolute Gasteiger partial charge is 0.496 e. The number of benzene rings is 2. The minimum absolute atomic E-state index is 0.0985. The van der Waals surface area contributed by atoms with Crippen LogP contribution in [0.1, 0.15) is 31.7 Å². The minimum atomic E-state index is 0.0985. The molecule has 0 aromatic heterocycles. The van der Waals surface area contributed by atoms with Gasteiger partial charge in [0.1, 0.15) is 5.75 Å². The monoisotopic (exact) mass is 340 g/mol. The number of hydrogen-bond acceptors (Lipinski definition) is 3. The van der Waals surface area contributed by atoms with Crippen LogP contribution in [0.3, 0.4) is 0 Å². The Morgan fingerprint density at radius 2 is 1.88 bits per heavy atom. The molecule has 1 amide bonds. The molecule has 0 bridgehead atoms. The number of rotatable bonds is 7. The van der Waals surface area contributed by atoms with E-state index in [2.05, 4.69) is 23.2 Å². The van der Waals surface area contributed by atoms with Crippen molar-refractivity contribution in [1.29, 1.82) is 0 Å². The van der Waals surface area contributed by atoms with Crippen LogP contribution in [0, 0.1) is 0 Å². The van der Waals surface area contributed by atoms with Gasteiger partial charge in [-0.2, -0.15) is 0 Å². The van der Waals surface area contributed by atoms with Crippen molar-refractivity contribution in [3.05, 3.63) is 42.0 Å². The van der Waals surface area contributed by atoms with E-state index in [1.54, 1.807) is 7.11 Å². The zero-order chi connectivity index (χ0) is 17.6. The van der Waals surface area contributed by atoms with Gasteiger partial charge in [-0.15, -0.1) is 0 Å². The maximum absolute atomic E-state index is 12.6. The molecule has 0 saturated carbocycles. The molecule has 0 spiro atoms. The fraction of sp³-hybridized carbons (Fsp3) is 0.476. The van der Waals surface area contributed by atoms with Gasteiger partial charge in [-0.3, -0.25) is 4.79 Å². The standard InChI is InChI=1S/C21H28N2O2/c1-3-17(15-23-12-6-7-13-23)22-21(24)14-16-10-11-20(25-2)19-9-5-4-8-18(16)19/h4-5,8-11,17H,3,6-7,12-15H2,1-2H3,(H,22,24)/t17-/m0/s1. The first kappa shape index (κ1) is 17.7. The fourth-order valence-electron chi connectivity index (χ4n) is 3.67. The topological polar surface area (TPSA) is 41.6 Å². The predicted octanol–water partition coefficient (Wildman–Crippen LogP) is 3.38. The normalized spacial score (nSPS) is 16.1. The number of fused-ring (bicyclic) bond motifs is 1. The summed E-state index contributed by atoms with van der Waals surface area (Å²) in [6.45, 7) is 5.43. The van der Waals surface area contributed by atoms with Crippen LogP contribution in [0.5, 0.6) is 5.75 Å². The Labute approximate surface area is 150 Å². The van der Waals surface area contributed by atoms with E-state index in [1.807, 2.05) is 30.3 Å². The summed E-state index contributed by atoms with van der Waals surface area (Å²) in [7, 11) is 1.68. The first-order valence-corrected chi connectivity index (χ1v) is 9.27. The molecule has 1 fully saturated rings. The Morgan fingerprint density at radius 1 is 1.16 bits per heavy atom. The second-order valence-electron chi connectivity index (χ2n) is 6.83. The molecule has 25 heavy (non-hydrogen) atoms. The van der Waals surface area contributed by atoms with Gasteiger partial charge in [0.2, 0.25) is 5.91 Å². The SMILES string of the molecule is CC[C@@H](CN1CCCC1)NC(=O)Cc1ccc(OC)c2ccccc12. The van der Waals surface area contributed by atoms with E-state index < -0.39 is 0 Å². The molecule has 1 N–H and O–H groups in total. The third kappa shape index (κ3) is 4.31. The van der Waals surface area contributed by atoms with Crippen LogP contribution in [0.4, 0.5) is 0 Å². The van der Waals surface area contributed by atoms with Crippen molar-refractivity contribution in [3.8, 4) is 5.75 Å². The molecule has 0 aliphatic carbocycles. The Balaban J connectivity index is 1.69. The zero-order valence-electron chi connectivity index (χ0n) is 15.3. The number of methoxy groups -OCH3 is 1. The van der Waals surface area contributed by atoms with E-state index in [0.717, 1.165) is 48.1 Å². The van der Waals surface area contributed by atoms with E-state index in [1.165, 1.54) is 12.8 Å². The van der Waals surface area contributed by atoms with Gasteiger partial charge in [0.05, 0.1) is 13.5 Å². The molecule has 0 radical (unpaired) electrons. The molecule has 1 atom stereocenters. The van der Waals surface area contributed by atoms with Gasteiger partial charge in [0.25, 0.3) is 0 Å². The second kappa shape index (κ2) is 8.34. The van der Waals surface area contributed by atoms with Gasteiger partial charge in [-0.05, 0) is 49.4 Å². The summed E-state index contributed by atoms with van der Waals surface area (Å²) in [6, 6.07) is 12.3. The molecule has 2 aromatic rings. The molecule has 4 nitrogen and oxygen atoms in total. The van der Waals surface area contributed by atoms with Gasteiger partial charge in [0.15, 0.2) is 0 Å². The van der Waals surface area contributed by atoms with E-state index in [0.29, 0.717) is 6.42 Å². The number of nitrogens with one attached hydrogen (secondary N) is 1. The quantitative estimate of drug-likeness (QED) is 0.840. The van der Waals surface area contributed by atoms with E-state index in [-0.39, 0.29) is 11.9 Å². The van der Waals surface area contributed by atoms with Crippen LogP contribution < -0.4 is 10.1 Å². The number of likely N-dealkylation sites (tertiary alicyclic amines) is 1. The highest BCUT2D eigenvalue weighted by molar-refractivity contribution is 5.94. The fourth-order valence-corrected chi connectivity index (χ4v) is 3.67. The first-order chi connectivity index (χ1) is 12.2. The first-order valence-electron chi connectivity index (χ1n) is 9.27. The Bertz CT molecular complexity index is 723. The Hall–Kier alpha value is -2.07. The van der Waals surface area contributed by atoms with Crippen molar-refractivity contribution in [2.24, 2.45) is 0 Å². The number of amides is 1. The molecule has 4 heteroatoms. The van der Waals surface area contributed by atoms with E-state index >= 15 is 0 Å². The average Bonchev–Trinajstić information content (AvgIpc) is 3.14. The van der Waals surface area contributed by atoms with Crippen LogP contribution in [0.2, 0.25) is 0 Å². The molecule has 1 aliphatic heterocycles. The average molecular weight is 340 g/mol. The van der Waals surface area contributed by atoms with Crippen LogP contribution in [-0.2, 0) is 11.2 Å². The van der Waals surface area contributed by atoms with Crippen molar-refractivity contribution in [1.82, 2.24) is 10.2 Å². The highest BCUT2D eigenvalue weighted by Gasteiger charge is 2.18. The molecule has 134 valence electrons. The number of carbonyl (C=O) groups is 1. The summed E-state index contributed by atoms with van der Waals surface area (Å²) in [5.74, 6) is 0.946. The van der Waals surface area contributed by atoms with Gasteiger partial charge in [0, 0.05) is 18.0 Å². The van der Waals surface area contributed by atoms with Crippen molar-refractivity contribution < 1.29 is 9.53 Å². The van der Waals surface area contributed by atoms with Gasteiger partial charge < -0.3 is 15.0 Å². The maximum atomic E-state index is 12.6. The van der Waals surface area contributed by atoms with Crippen molar-refractivity contribution in [2.45, 2.75) is 38.6 Å². The van der Waals surface area contributed by atoms with Crippen LogP contribution in [-0.4, -0.2) is 43.6 Å². The Kier molecular flexibility index (Phi) is 5.92. The summed E-state index contributed by atoms with van der Waals surface area (Å²) >= 11 is 0. The van der Waals surface area contributed by atoms with E-state index in [9.17, 15) is 4.79 Å².